The lowest BCUT2D eigenvalue weighted by Gasteiger charge is -2.38. The topological polar surface area (TPSA) is 44.5 Å². The van der Waals surface area contributed by atoms with Crippen LogP contribution in [0.4, 0.5) is 0 Å². The van der Waals surface area contributed by atoms with Crippen LogP contribution < -0.4 is 5.73 Å². The molecule has 0 spiro atoms. The maximum atomic E-state index is 5.51. The van der Waals surface area contributed by atoms with Gasteiger partial charge in [0.05, 0.1) is 6.04 Å². The van der Waals surface area contributed by atoms with E-state index in [9.17, 15) is 0 Å². The van der Waals surface area contributed by atoms with Crippen molar-refractivity contribution >= 4 is 0 Å². The van der Waals surface area contributed by atoms with Gasteiger partial charge in [-0.05, 0) is 13.3 Å². The van der Waals surface area contributed by atoms with E-state index < -0.39 is 0 Å². The Balaban J connectivity index is 2.06. The predicted molar refractivity (Wildman–Crippen MR) is 38.3 cm³/mol. The van der Waals surface area contributed by atoms with Gasteiger partial charge in [-0.3, -0.25) is 0 Å². The van der Waals surface area contributed by atoms with Gasteiger partial charge >= 0.3 is 0 Å². The summed E-state index contributed by atoms with van der Waals surface area (Å²) in [5.74, 6) is 0. The first-order valence-electron chi connectivity index (χ1n) is 3.80. The third-order valence-corrected chi connectivity index (χ3v) is 1.53. The Morgan fingerprint density at radius 3 is 2.50 bits per heavy atom. The summed E-state index contributed by atoms with van der Waals surface area (Å²) in [5.41, 5.74) is 5.51. The molecule has 1 atom stereocenters. The summed E-state index contributed by atoms with van der Waals surface area (Å²) in [6, 6.07) is -0.00638. The molecular formula is C7H15NO2. The highest BCUT2D eigenvalue weighted by Gasteiger charge is 2.32. The van der Waals surface area contributed by atoms with Crippen LogP contribution in [0.2, 0.25) is 0 Å². The fraction of sp³-hybridized carbons (Fsp3) is 1.00. The molecule has 2 N–H and O–H groups in total. The molecule has 10 heavy (non-hydrogen) atoms. The van der Waals surface area contributed by atoms with Crippen molar-refractivity contribution in [3.8, 4) is 0 Å². The molecule has 0 aromatic rings. The zero-order valence-electron chi connectivity index (χ0n) is 6.54. The van der Waals surface area contributed by atoms with Gasteiger partial charge in [0, 0.05) is 0 Å². The molecule has 0 saturated carbocycles. The summed E-state index contributed by atoms with van der Waals surface area (Å²) in [7, 11) is 0. The molecule has 0 amide bonds. The molecule has 1 aliphatic heterocycles. The zero-order valence-corrected chi connectivity index (χ0v) is 6.54. The van der Waals surface area contributed by atoms with Crippen LogP contribution >= 0.6 is 0 Å². The third-order valence-electron chi connectivity index (χ3n) is 1.53. The van der Waals surface area contributed by atoms with E-state index in [1.165, 1.54) is 0 Å². The molecule has 0 aromatic carbocycles. The molecule has 0 bridgehead atoms. The Morgan fingerprint density at radius 1 is 1.50 bits per heavy atom. The molecule has 1 heterocycles. The molecule has 3 heteroatoms. The van der Waals surface area contributed by atoms with Crippen molar-refractivity contribution in [3.05, 3.63) is 0 Å². The number of nitrogens with two attached hydrogens (primary N) is 1. The van der Waals surface area contributed by atoms with E-state index in [2.05, 4.69) is 6.92 Å². The zero-order chi connectivity index (χ0) is 7.56. The van der Waals surface area contributed by atoms with Crippen LogP contribution in [0.15, 0.2) is 0 Å². The average Bonchev–Trinajstić information content (AvgIpc) is 1.76. The quantitative estimate of drug-likeness (QED) is 0.639. The lowest BCUT2D eigenvalue weighted by atomic mass is 10.2. The van der Waals surface area contributed by atoms with Crippen LogP contribution in [-0.4, -0.2) is 18.6 Å². The van der Waals surface area contributed by atoms with Crippen molar-refractivity contribution in [1.82, 2.24) is 0 Å². The summed E-state index contributed by atoms with van der Waals surface area (Å²) >= 11 is 0. The molecule has 1 rings (SSSR count). The van der Waals surface area contributed by atoms with E-state index in [1.54, 1.807) is 0 Å². The van der Waals surface area contributed by atoms with E-state index in [4.69, 9.17) is 15.2 Å². The first kappa shape index (κ1) is 7.98. The minimum atomic E-state index is -0.156. The Labute approximate surface area is 61.5 Å². The summed E-state index contributed by atoms with van der Waals surface area (Å²) in [6.45, 7) is 3.98. The van der Waals surface area contributed by atoms with Gasteiger partial charge < -0.3 is 15.2 Å². The van der Waals surface area contributed by atoms with Crippen LogP contribution in [0.1, 0.15) is 26.7 Å². The molecule has 0 aromatic heterocycles. The van der Waals surface area contributed by atoms with E-state index in [0.717, 1.165) is 12.8 Å². The van der Waals surface area contributed by atoms with Crippen molar-refractivity contribution in [3.63, 3.8) is 0 Å². The third kappa shape index (κ3) is 1.68. The van der Waals surface area contributed by atoms with Gasteiger partial charge in [0.15, 0.2) is 12.6 Å². The molecule has 0 aliphatic carbocycles. The molecule has 0 radical (unpaired) electrons. The Morgan fingerprint density at radius 2 is 2.10 bits per heavy atom. The summed E-state index contributed by atoms with van der Waals surface area (Å²) in [4.78, 5) is 0. The predicted octanol–water partition coefficient (Wildman–Crippen LogP) is 0.833. The number of rotatable bonds is 3. The maximum Gasteiger partial charge on any atom is 0.178 e. The Kier molecular flexibility index (Phi) is 2.65. The minimum Gasteiger partial charge on any atom is -0.324 e. The number of hydrogen-bond donors (Lipinski definition) is 1. The maximum absolute atomic E-state index is 5.51. The first-order valence-corrected chi connectivity index (χ1v) is 3.80. The summed E-state index contributed by atoms with van der Waals surface area (Å²) < 4.78 is 10.6. The minimum absolute atomic E-state index is 0.00638. The van der Waals surface area contributed by atoms with E-state index in [1.807, 2.05) is 6.92 Å². The summed E-state index contributed by atoms with van der Waals surface area (Å²) in [6.07, 6.45) is 1.93. The van der Waals surface area contributed by atoms with E-state index in [0.29, 0.717) is 0 Å². The van der Waals surface area contributed by atoms with Gasteiger partial charge in [-0.25, -0.2) is 0 Å². The normalized spacial score (nSPS) is 35.1. The van der Waals surface area contributed by atoms with Crippen LogP contribution in [0.3, 0.4) is 0 Å². The number of ether oxygens (including phenoxy) is 2. The first-order chi connectivity index (χ1) is 4.74. The van der Waals surface area contributed by atoms with Gasteiger partial charge in [-0.1, -0.05) is 13.3 Å². The molecule has 1 fully saturated rings. The lowest BCUT2D eigenvalue weighted by Crippen LogP contribution is -2.50. The highest BCUT2D eigenvalue weighted by Crippen LogP contribution is 2.21. The highest BCUT2D eigenvalue weighted by molar-refractivity contribution is 4.67. The Hall–Kier alpha value is -0.120. The monoisotopic (exact) mass is 145 g/mol. The van der Waals surface area contributed by atoms with Crippen LogP contribution in [0, 0.1) is 0 Å². The van der Waals surface area contributed by atoms with Crippen LogP contribution in [-0.2, 0) is 9.47 Å². The second-order valence-electron chi connectivity index (χ2n) is 2.72. The molecule has 60 valence electrons. The van der Waals surface area contributed by atoms with Crippen LogP contribution in [0.5, 0.6) is 0 Å². The fourth-order valence-electron chi connectivity index (χ4n) is 0.929. The van der Waals surface area contributed by atoms with Gasteiger partial charge in [0.1, 0.15) is 0 Å². The molecule has 0 unspecified atom stereocenters. The fourth-order valence-corrected chi connectivity index (χ4v) is 0.929. The second-order valence-corrected chi connectivity index (χ2v) is 2.72. The van der Waals surface area contributed by atoms with Gasteiger partial charge in [-0.15, -0.1) is 0 Å². The highest BCUT2D eigenvalue weighted by atomic mass is 16.9. The molecular weight excluding hydrogens is 130 g/mol. The van der Waals surface area contributed by atoms with Crippen molar-refractivity contribution in [1.29, 1.82) is 0 Å². The van der Waals surface area contributed by atoms with Gasteiger partial charge in [0.25, 0.3) is 0 Å². The SMILES string of the molecule is CCCC1OC([C@H](C)N)O1. The van der Waals surface area contributed by atoms with Crippen molar-refractivity contribution in [2.45, 2.75) is 45.3 Å². The number of hydrogen-bond acceptors (Lipinski definition) is 3. The van der Waals surface area contributed by atoms with E-state index in [-0.39, 0.29) is 18.6 Å². The van der Waals surface area contributed by atoms with Crippen molar-refractivity contribution in [2.75, 3.05) is 0 Å². The largest absolute Gasteiger partial charge is 0.324 e. The van der Waals surface area contributed by atoms with Gasteiger partial charge in [0.2, 0.25) is 0 Å². The summed E-state index contributed by atoms with van der Waals surface area (Å²) in [5, 5.41) is 0. The van der Waals surface area contributed by atoms with E-state index >= 15 is 0 Å². The second kappa shape index (κ2) is 3.32. The van der Waals surface area contributed by atoms with Crippen molar-refractivity contribution in [2.24, 2.45) is 5.73 Å². The van der Waals surface area contributed by atoms with Crippen molar-refractivity contribution < 1.29 is 9.47 Å². The van der Waals surface area contributed by atoms with Gasteiger partial charge in [-0.2, -0.15) is 0 Å². The standard InChI is InChI=1S/C7H15NO2/c1-3-4-6-9-7(10-6)5(2)8/h5-7H,3-4,8H2,1-2H3/t5-,6?,7?/m0/s1. The lowest BCUT2D eigenvalue weighted by molar-refractivity contribution is -0.388. The van der Waals surface area contributed by atoms with Crippen LogP contribution in [0.25, 0.3) is 0 Å². The Bertz CT molecular complexity index is 99.8. The molecule has 3 nitrogen and oxygen atoms in total. The smallest absolute Gasteiger partial charge is 0.178 e. The molecule has 1 saturated heterocycles. The molecule has 1 aliphatic rings. The average molecular weight is 145 g/mol.